The number of sulfonamides is 1. The quantitative estimate of drug-likeness (QED) is 0.801. The van der Waals surface area contributed by atoms with Gasteiger partial charge in [0.1, 0.15) is 15.0 Å². The van der Waals surface area contributed by atoms with Gasteiger partial charge in [-0.2, -0.15) is 0 Å². The number of hydrogen-bond donors (Lipinski definition) is 1. The second-order valence-electron chi connectivity index (χ2n) is 3.42. The zero-order valence-electron chi connectivity index (χ0n) is 8.95. The zero-order valence-corrected chi connectivity index (χ0v) is 13.7. The molecule has 2 rings (SSSR count). The SMILES string of the molecule is O=S(=O)(Nc1ccc(Br)c(F)c1)c1cc(Cl)sc1Cl. The Labute approximate surface area is 131 Å². The molecule has 0 saturated carbocycles. The van der Waals surface area contributed by atoms with E-state index < -0.39 is 15.8 Å². The first kappa shape index (κ1) is 15.1. The Kier molecular flexibility index (Phi) is 4.42. The first-order chi connectivity index (χ1) is 8.79. The van der Waals surface area contributed by atoms with Crippen LogP contribution in [-0.4, -0.2) is 8.42 Å². The summed E-state index contributed by atoms with van der Waals surface area (Å²) >= 11 is 15.4. The molecule has 0 bridgehead atoms. The molecule has 0 radical (unpaired) electrons. The smallest absolute Gasteiger partial charge is 0.264 e. The number of nitrogens with one attached hydrogen (secondary N) is 1. The maximum absolute atomic E-state index is 13.3. The van der Waals surface area contributed by atoms with E-state index in [1.807, 2.05) is 0 Å². The van der Waals surface area contributed by atoms with Crippen molar-refractivity contribution in [3.05, 3.63) is 43.2 Å². The van der Waals surface area contributed by atoms with Crippen LogP contribution in [0, 0.1) is 5.82 Å². The Morgan fingerprint density at radius 3 is 2.47 bits per heavy atom. The lowest BCUT2D eigenvalue weighted by Gasteiger charge is -2.07. The van der Waals surface area contributed by atoms with Crippen LogP contribution >= 0.6 is 50.5 Å². The highest BCUT2D eigenvalue weighted by molar-refractivity contribution is 9.10. The second-order valence-corrected chi connectivity index (χ2v) is 8.21. The van der Waals surface area contributed by atoms with Gasteiger partial charge in [-0.1, -0.05) is 23.2 Å². The van der Waals surface area contributed by atoms with Crippen molar-refractivity contribution in [2.75, 3.05) is 4.72 Å². The van der Waals surface area contributed by atoms with E-state index in [2.05, 4.69) is 20.7 Å². The van der Waals surface area contributed by atoms with E-state index in [-0.39, 0.29) is 23.7 Å². The minimum absolute atomic E-state index is 0.0510. The van der Waals surface area contributed by atoms with Crippen molar-refractivity contribution in [2.24, 2.45) is 0 Å². The van der Waals surface area contributed by atoms with Gasteiger partial charge in [0.05, 0.1) is 14.5 Å². The minimum atomic E-state index is -3.89. The fourth-order valence-corrected chi connectivity index (χ4v) is 4.72. The van der Waals surface area contributed by atoms with Crippen LogP contribution in [0.5, 0.6) is 0 Å². The van der Waals surface area contributed by atoms with Crippen molar-refractivity contribution in [2.45, 2.75) is 4.90 Å². The van der Waals surface area contributed by atoms with Gasteiger partial charge in [-0.15, -0.1) is 11.3 Å². The number of hydrogen-bond acceptors (Lipinski definition) is 3. The van der Waals surface area contributed by atoms with E-state index in [1.54, 1.807) is 0 Å². The molecule has 1 aromatic heterocycles. The molecule has 0 amide bonds. The van der Waals surface area contributed by atoms with Crippen LogP contribution in [0.2, 0.25) is 8.67 Å². The van der Waals surface area contributed by atoms with E-state index in [9.17, 15) is 12.8 Å². The summed E-state index contributed by atoms with van der Waals surface area (Å²) in [5.74, 6) is -0.574. The fraction of sp³-hybridized carbons (Fsp3) is 0. The molecule has 0 aliphatic carbocycles. The van der Waals surface area contributed by atoms with Gasteiger partial charge in [-0.05, 0) is 40.2 Å². The molecule has 0 atom stereocenters. The topological polar surface area (TPSA) is 46.2 Å². The van der Waals surface area contributed by atoms with Gasteiger partial charge in [0.25, 0.3) is 10.0 Å². The molecular formula is C10H5BrCl2FNO2S2. The van der Waals surface area contributed by atoms with Gasteiger partial charge < -0.3 is 0 Å². The molecule has 1 aromatic carbocycles. The Balaban J connectivity index is 2.36. The number of anilines is 1. The van der Waals surface area contributed by atoms with Gasteiger partial charge in [0, 0.05) is 0 Å². The Morgan fingerprint density at radius 2 is 1.95 bits per heavy atom. The van der Waals surface area contributed by atoms with Crippen LogP contribution in [0.1, 0.15) is 0 Å². The second kappa shape index (κ2) is 5.57. The van der Waals surface area contributed by atoms with Gasteiger partial charge in [-0.3, -0.25) is 4.72 Å². The molecule has 1 heterocycles. The highest BCUT2D eigenvalue weighted by Crippen LogP contribution is 2.35. The molecule has 102 valence electrons. The Hall–Kier alpha value is -0.340. The molecule has 19 heavy (non-hydrogen) atoms. The highest BCUT2D eigenvalue weighted by Gasteiger charge is 2.21. The van der Waals surface area contributed by atoms with Crippen molar-refractivity contribution >= 4 is 66.2 Å². The summed E-state index contributed by atoms with van der Waals surface area (Å²) in [4.78, 5) is -0.132. The van der Waals surface area contributed by atoms with Gasteiger partial charge in [0.15, 0.2) is 0 Å². The minimum Gasteiger partial charge on any atom is -0.279 e. The summed E-state index contributed by atoms with van der Waals surface area (Å²) in [7, 11) is -3.89. The van der Waals surface area contributed by atoms with E-state index in [0.717, 1.165) is 17.4 Å². The number of thiophene rings is 1. The third kappa shape index (κ3) is 3.41. The lowest BCUT2D eigenvalue weighted by molar-refractivity contribution is 0.601. The number of benzene rings is 1. The molecule has 0 saturated heterocycles. The van der Waals surface area contributed by atoms with Crippen molar-refractivity contribution in [3.8, 4) is 0 Å². The van der Waals surface area contributed by atoms with Crippen molar-refractivity contribution < 1.29 is 12.8 Å². The molecule has 9 heteroatoms. The largest absolute Gasteiger partial charge is 0.279 e. The van der Waals surface area contributed by atoms with Crippen molar-refractivity contribution in [3.63, 3.8) is 0 Å². The predicted molar refractivity (Wildman–Crippen MR) is 79.2 cm³/mol. The monoisotopic (exact) mass is 403 g/mol. The summed E-state index contributed by atoms with van der Waals surface area (Å²) in [6, 6.07) is 5.12. The predicted octanol–water partition coefficient (Wildman–Crippen LogP) is 4.76. The molecule has 1 N–H and O–H groups in total. The standard InChI is InChI=1S/C10H5BrCl2FNO2S2/c11-6-2-1-5(3-7(6)14)15-19(16,17)8-4-9(12)18-10(8)13/h1-4,15H. The highest BCUT2D eigenvalue weighted by atomic mass is 79.9. The van der Waals surface area contributed by atoms with Crippen LogP contribution in [-0.2, 0) is 10.0 Å². The molecule has 3 nitrogen and oxygen atoms in total. The molecule has 0 aliphatic heterocycles. The number of halogens is 4. The lowest BCUT2D eigenvalue weighted by atomic mass is 10.3. The molecule has 0 fully saturated rings. The van der Waals surface area contributed by atoms with Crippen LogP contribution in [0.3, 0.4) is 0 Å². The molecular weight excluding hydrogens is 400 g/mol. The summed E-state index contributed by atoms with van der Waals surface area (Å²) in [6.07, 6.45) is 0. The van der Waals surface area contributed by atoms with Gasteiger partial charge >= 0.3 is 0 Å². The Bertz CT molecular complexity index is 733. The van der Waals surface area contributed by atoms with E-state index in [4.69, 9.17) is 23.2 Å². The normalized spacial score (nSPS) is 11.6. The van der Waals surface area contributed by atoms with Crippen molar-refractivity contribution in [1.82, 2.24) is 0 Å². The van der Waals surface area contributed by atoms with Crippen molar-refractivity contribution in [1.29, 1.82) is 0 Å². The van der Waals surface area contributed by atoms with E-state index in [1.165, 1.54) is 18.2 Å². The Morgan fingerprint density at radius 1 is 1.26 bits per heavy atom. The fourth-order valence-electron chi connectivity index (χ4n) is 1.28. The first-order valence-corrected chi connectivity index (χ1v) is 8.57. The summed E-state index contributed by atoms with van der Waals surface area (Å²) in [5, 5.41) is 0. The maximum Gasteiger partial charge on any atom is 0.264 e. The molecule has 0 aliphatic rings. The van der Waals surface area contributed by atoms with Crippen LogP contribution in [0.15, 0.2) is 33.6 Å². The third-order valence-electron chi connectivity index (χ3n) is 2.09. The van der Waals surface area contributed by atoms with Crippen LogP contribution < -0.4 is 4.72 Å². The first-order valence-electron chi connectivity index (χ1n) is 4.72. The molecule has 0 spiro atoms. The van der Waals surface area contributed by atoms with Gasteiger partial charge in [-0.25, -0.2) is 12.8 Å². The average Bonchev–Trinajstić information content (AvgIpc) is 2.63. The summed E-state index contributed by atoms with van der Waals surface area (Å²) in [5.41, 5.74) is 0.0964. The lowest BCUT2D eigenvalue weighted by Crippen LogP contribution is -2.12. The van der Waals surface area contributed by atoms with E-state index in [0.29, 0.717) is 0 Å². The third-order valence-corrected chi connectivity index (χ3v) is 5.86. The zero-order chi connectivity index (χ0) is 14.2. The van der Waals surface area contributed by atoms with E-state index >= 15 is 0 Å². The van der Waals surface area contributed by atoms with Crippen LogP contribution in [0.4, 0.5) is 10.1 Å². The van der Waals surface area contributed by atoms with Crippen LogP contribution in [0.25, 0.3) is 0 Å². The maximum atomic E-state index is 13.3. The molecule has 2 aromatic rings. The molecule has 0 unspecified atom stereocenters. The van der Waals surface area contributed by atoms with Gasteiger partial charge in [0.2, 0.25) is 0 Å². The number of rotatable bonds is 3. The summed E-state index contributed by atoms with van der Waals surface area (Å²) in [6.45, 7) is 0. The summed E-state index contributed by atoms with van der Waals surface area (Å²) < 4.78 is 40.2. The average molecular weight is 405 g/mol.